The van der Waals surface area contributed by atoms with Gasteiger partial charge in [-0.3, -0.25) is 9.55 Å². The van der Waals surface area contributed by atoms with Crippen LogP contribution in [0.1, 0.15) is 0 Å². The molecule has 0 amide bonds. The number of fused-ring (bicyclic) bond motifs is 6. The van der Waals surface area contributed by atoms with Crippen molar-refractivity contribution < 1.29 is 0 Å². The first-order valence-corrected chi connectivity index (χ1v) is 11.1. The van der Waals surface area contributed by atoms with Crippen molar-refractivity contribution in [1.29, 1.82) is 0 Å². The summed E-state index contributed by atoms with van der Waals surface area (Å²) in [5.74, 6) is 0.926. The Morgan fingerprint density at radius 3 is 2.27 bits per heavy atom. The van der Waals surface area contributed by atoms with Crippen LogP contribution in [0.25, 0.3) is 60.6 Å². The second-order valence-corrected chi connectivity index (χ2v) is 8.33. The third kappa shape index (κ3) is 2.76. The fourth-order valence-electron chi connectivity index (χ4n) is 4.91. The van der Waals surface area contributed by atoms with E-state index in [9.17, 15) is 0 Å². The maximum atomic E-state index is 5.03. The Kier molecular flexibility index (Phi) is 3.84. The third-order valence-electron chi connectivity index (χ3n) is 6.43. The molecule has 4 aromatic carbocycles. The van der Waals surface area contributed by atoms with Crippen LogP contribution in [0.15, 0.2) is 115 Å². The van der Waals surface area contributed by atoms with Crippen LogP contribution in [0.3, 0.4) is 0 Å². The molecule has 0 bridgehead atoms. The van der Waals surface area contributed by atoms with Gasteiger partial charge in [0.1, 0.15) is 5.82 Å². The van der Waals surface area contributed by atoms with Crippen LogP contribution in [0.4, 0.5) is 0 Å². The van der Waals surface area contributed by atoms with Crippen molar-refractivity contribution in [1.82, 2.24) is 14.5 Å². The zero-order valence-electron chi connectivity index (χ0n) is 17.8. The van der Waals surface area contributed by atoms with Gasteiger partial charge in [0, 0.05) is 27.9 Å². The number of nitrogens with zero attached hydrogens (tertiary/aromatic N) is 3. The summed E-state index contributed by atoms with van der Waals surface area (Å²) in [5, 5.41) is 6.08. The average molecular weight is 422 g/mol. The van der Waals surface area contributed by atoms with E-state index in [4.69, 9.17) is 4.98 Å². The molecule has 0 aliphatic carbocycles. The highest BCUT2D eigenvalue weighted by Gasteiger charge is 2.16. The number of aromatic nitrogens is 3. The van der Waals surface area contributed by atoms with E-state index in [2.05, 4.69) is 101 Å². The maximum Gasteiger partial charge on any atom is 0.138 e. The van der Waals surface area contributed by atoms with Gasteiger partial charge in [-0.15, -0.1) is 0 Å². The van der Waals surface area contributed by atoms with Gasteiger partial charge in [0.25, 0.3) is 0 Å². The zero-order chi connectivity index (χ0) is 21.8. The fraction of sp³-hybridized carbons (Fsp3) is 0. The summed E-state index contributed by atoms with van der Waals surface area (Å²) in [5.41, 5.74) is 5.38. The molecular weight excluding hydrogens is 402 g/mol. The Bertz CT molecular complexity index is 1810. The maximum absolute atomic E-state index is 5.03. The van der Waals surface area contributed by atoms with Gasteiger partial charge in [-0.2, -0.15) is 0 Å². The molecule has 3 nitrogen and oxygen atoms in total. The van der Waals surface area contributed by atoms with Gasteiger partial charge in [-0.1, -0.05) is 60.7 Å². The van der Waals surface area contributed by atoms with Crippen molar-refractivity contribution in [3.63, 3.8) is 0 Å². The first-order chi connectivity index (χ1) is 16.4. The molecule has 3 aromatic heterocycles. The van der Waals surface area contributed by atoms with Crippen LogP contribution in [-0.4, -0.2) is 14.5 Å². The molecule has 0 aliphatic rings. The largest absolute Gasteiger partial charge is 0.294 e. The molecule has 7 aromatic rings. The molecule has 0 fully saturated rings. The summed E-state index contributed by atoms with van der Waals surface area (Å²) in [4.78, 5) is 9.61. The lowest BCUT2D eigenvalue weighted by Crippen LogP contribution is -1.97. The van der Waals surface area contributed by atoms with E-state index in [-0.39, 0.29) is 0 Å². The van der Waals surface area contributed by atoms with E-state index in [1.54, 1.807) is 0 Å². The molecule has 0 atom stereocenters. The van der Waals surface area contributed by atoms with Crippen LogP contribution >= 0.6 is 0 Å². The molecule has 0 saturated carbocycles. The predicted molar refractivity (Wildman–Crippen MR) is 137 cm³/mol. The molecule has 154 valence electrons. The van der Waals surface area contributed by atoms with Gasteiger partial charge in [0.05, 0.1) is 22.2 Å². The van der Waals surface area contributed by atoms with Crippen molar-refractivity contribution in [3.8, 4) is 17.1 Å². The van der Waals surface area contributed by atoms with Gasteiger partial charge >= 0.3 is 0 Å². The smallest absolute Gasteiger partial charge is 0.138 e. The summed E-state index contributed by atoms with van der Waals surface area (Å²) in [6.07, 6.45) is 1.84. The number of para-hydroxylation sites is 1. The minimum atomic E-state index is 0.926. The van der Waals surface area contributed by atoms with Crippen molar-refractivity contribution in [2.75, 3.05) is 0 Å². The highest BCUT2D eigenvalue weighted by molar-refractivity contribution is 6.21. The topological polar surface area (TPSA) is 30.7 Å². The first-order valence-electron chi connectivity index (χ1n) is 11.1. The highest BCUT2D eigenvalue weighted by Crippen LogP contribution is 2.38. The van der Waals surface area contributed by atoms with E-state index in [1.165, 1.54) is 21.5 Å². The quantitative estimate of drug-likeness (QED) is 0.289. The van der Waals surface area contributed by atoms with E-state index in [0.717, 1.165) is 39.0 Å². The minimum Gasteiger partial charge on any atom is -0.294 e. The van der Waals surface area contributed by atoms with Crippen molar-refractivity contribution in [2.45, 2.75) is 0 Å². The molecule has 0 N–H and O–H groups in total. The number of hydrogen-bond donors (Lipinski definition) is 0. The second kappa shape index (κ2) is 7.01. The Balaban J connectivity index is 1.62. The van der Waals surface area contributed by atoms with Gasteiger partial charge in [0.2, 0.25) is 0 Å². The molecule has 0 saturated heterocycles. The second-order valence-electron chi connectivity index (χ2n) is 8.33. The molecule has 0 unspecified atom stereocenters. The fourth-order valence-corrected chi connectivity index (χ4v) is 4.91. The van der Waals surface area contributed by atoms with Crippen LogP contribution in [-0.2, 0) is 0 Å². The summed E-state index contributed by atoms with van der Waals surface area (Å²) < 4.78 is 2.28. The summed E-state index contributed by atoms with van der Waals surface area (Å²) in [7, 11) is 0. The number of benzene rings is 4. The zero-order valence-corrected chi connectivity index (χ0v) is 17.8. The number of pyridine rings is 2. The summed E-state index contributed by atoms with van der Waals surface area (Å²) in [6, 6.07) is 38.2. The lowest BCUT2D eigenvalue weighted by Gasteiger charge is -2.09. The summed E-state index contributed by atoms with van der Waals surface area (Å²) in [6.45, 7) is 0. The van der Waals surface area contributed by atoms with E-state index in [1.807, 2.05) is 24.4 Å². The third-order valence-corrected chi connectivity index (χ3v) is 6.43. The molecule has 7 rings (SSSR count). The van der Waals surface area contributed by atoms with Crippen LogP contribution < -0.4 is 0 Å². The number of rotatable bonds is 2. The molecule has 0 aliphatic heterocycles. The van der Waals surface area contributed by atoms with Crippen molar-refractivity contribution in [3.05, 3.63) is 115 Å². The van der Waals surface area contributed by atoms with Crippen LogP contribution in [0.2, 0.25) is 0 Å². The molecular formula is C30H19N3. The van der Waals surface area contributed by atoms with Gasteiger partial charge in [-0.05, 0) is 59.3 Å². The lowest BCUT2D eigenvalue weighted by atomic mass is 10.0. The number of hydrogen-bond acceptors (Lipinski definition) is 2. The van der Waals surface area contributed by atoms with Gasteiger partial charge in [-0.25, -0.2) is 4.98 Å². The minimum absolute atomic E-state index is 0.926. The van der Waals surface area contributed by atoms with Crippen molar-refractivity contribution >= 4 is 43.5 Å². The first kappa shape index (κ1) is 18.1. The summed E-state index contributed by atoms with van der Waals surface area (Å²) >= 11 is 0. The monoisotopic (exact) mass is 421 g/mol. The lowest BCUT2D eigenvalue weighted by molar-refractivity contribution is 1.10. The molecule has 0 radical (unpaired) electrons. The average Bonchev–Trinajstić information content (AvgIpc) is 3.23. The van der Waals surface area contributed by atoms with E-state index >= 15 is 0 Å². The van der Waals surface area contributed by atoms with Gasteiger partial charge < -0.3 is 0 Å². The molecule has 33 heavy (non-hydrogen) atoms. The van der Waals surface area contributed by atoms with E-state index < -0.39 is 0 Å². The predicted octanol–water partition coefficient (Wildman–Crippen LogP) is 7.55. The Labute approximate surface area is 190 Å². The van der Waals surface area contributed by atoms with Gasteiger partial charge in [0.15, 0.2) is 0 Å². The highest BCUT2D eigenvalue weighted by atomic mass is 15.1. The van der Waals surface area contributed by atoms with E-state index in [0.29, 0.717) is 0 Å². The Hall–Kier alpha value is -4.50. The van der Waals surface area contributed by atoms with Crippen LogP contribution in [0.5, 0.6) is 0 Å². The molecule has 0 spiro atoms. The SMILES string of the molecule is c1ccc(-c2ccc3c(c2)c2c4ccccc4ccc2n3-c2ccc3ccccc3n2)nc1. The Morgan fingerprint density at radius 2 is 1.36 bits per heavy atom. The Morgan fingerprint density at radius 1 is 0.576 bits per heavy atom. The molecule has 3 heteroatoms. The van der Waals surface area contributed by atoms with Crippen molar-refractivity contribution in [2.24, 2.45) is 0 Å². The van der Waals surface area contributed by atoms with Crippen LogP contribution in [0, 0.1) is 0 Å². The normalized spacial score (nSPS) is 11.6. The molecule has 3 heterocycles. The standard InChI is InChI=1S/C30H19N3/c1-3-9-23-20(7-1)12-16-28-30(23)24-19-22(25-10-5-6-18-31-25)13-15-27(24)33(28)29-17-14-21-8-2-4-11-26(21)32-29/h1-19H.